The molecule has 1 saturated heterocycles. The van der Waals surface area contributed by atoms with Crippen molar-refractivity contribution in [3.63, 3.8) is 0 Å². The van der Waals surface area contributed by atoms with Crippen LogP contribution in [-0.4, -0.2) is 52.2 Å². The molecule has 142 valence electrons. The third-order valence-corrected chi connectivity index (χ3v) is 5.92. The van der Waals surface area contributed by atoms with E-state index in [0.29, 0.717) is 30.0 Å². The fraction of sp³-hybridized carbons (Fsp3) is 0.450. The molecule has 2 aliphatic rings. The number of aromatic nitrogens is 2. The molecular formula is C20H24N4O3. The van der Waals surface area contributed by atoms with Crippen molar-refractivity contribution in [1.82, 2.24) is 20.0 Å². The summed E-state index contributed by atoms with van der Waals surface area (Å²) in [6.45, 7) is 3.05. The Morgan fingerprint density at radius 1 is 1.33 bits per heavy atom. The van der Waals surface area contributed by atoms with Crippen molar-refractivity contribution in [2.75, 3.05) is 20.2 Å². The number of rotatable bonds is 2. The van der Waals surface area contributed by atoms with Crippen LogP contribution >= 0.6 is 0 Å². The van der Waals surface area contributed by atoms with Crippen molar-refractivity contribution in [3.8, 4) is 5.75 Å². The van der Waals surface area contributed by atoms with E-state index >= 15 is 0 Å². The lowest BCUT2D eigenvalue weighted by molar-refractivity contribution is 0.0763. The van der Waals surface area contributed by atoms with E-state index in [0.717, 1.165) is 30.5 Å². The Labute approximate surface area is 158 Å². The normalized spacial score (nSPS) is 21.7. The van der Waals surface area contributed by atoms with E-state index in [-0.39, 0.29) is 17.4 Å². The van der Waals surface area contributed by atoms with Gasteiger partial charge in [-0.05, 0) is 43.9 Å². The molecule has 0 aliphatic carbocycles. The highest BCUT2D eigenvalue weighted by Crippen LogP contribution is 2.32. The van der Waals surface area contributed by atoms with E-state index in [1.807, 2.05) is 31.0 Å². The fourth-order valence-corrected chi connectivity index (χ4v) is 4.09. The lowest BCUT2D eigenvalue weighted by Crippen LogP contribution is -2.50. The summed E-state index contributed by atoms with van der Waals surface area (Å²) in [4.78, 5) is 27.6. The fourth-order valence-electron chi connectivity index (χ4n) is 4.09. The van der Waals surface area contributed by atoms with Crippen LogP contribution in [0.25, 0.3) is 0 Å². The van der Waals surface area contributed by atoms with E-state index < -0.39 is 0 Å². The first kappa shape index (κ1) is 17.6. The first-order valence-corrected chi connectivity index (χ1v) is 9.20. The molecule has 1 aromatic heterocycles. The molecule has 7 heteroatoms. The number of nitrogens with one attached hydrogen (secondary N) is 1. The predicted octanol–water partition coefficient (Wildman–Crippen LogP) is 1.70. The summed E-state index contributed by atoms with van der Waals surface area (Å²) in [6, 6.07) is 5.64. The van der Waals surface area contributed by atoms with Crippen LogP contribution in [0.1, 0.15) is 44.8 Å². The van der Waals surface area contributed by atoms with Gasteiger partial charge in [-0.1, -0.05) is 6.07 Å². The number of nitrogens with zero attached hydrogens (tertiary/aromatic N) is 3. The topological polar surface area (TPSA) is 76.5 Å². The molecule has 27 heavy (non-hydrogen) atoms. The van der Waals surface area contributed by atoms with E-state index in [1.54, 1.807) is 24.1 Å². The zero-order valence-electron chi connectivity index (χ0n) is 15.9. The van der Waals surface area contributed by atoms with Crippen molar-refractivity contribution in [2.24, 2.45) is 7.05 Å². The molecule has 1 aromatic carbocycles. The minimum atomic E-state index is -0.380. The van der Waals surface area contributed by atoms with Crippen LogP contribution < -0.4 is 10.1 Å². The summed E-state index contributed by atoms with van der Waals surface area (Å²) in [6.07, 6.45) is 3.99. The third kappa shape index (κ3) is 2.97. The molecule has 0 radical (unpaired) electrons. The second kappa shape index (κ2) is 6.40. The number of fused-ring (bicyclic) bond motifs is 1. The first-order valence-electron chi connectivity index (χ1n) is 9.20. The van der Waals surface area contributed by atoms with Crippen molar-refractivity contribution < 1.29 is 14.3 Å². The highest BCUT2D eigenvalue weighted by Gasteiger charge is 2.43. The van der Waals surface area contributed by atoms with Gasteiger partial charge in [0.1, 0.15) is 5.75 Å². The van der Waals surface area contributed by atoms with E-state index in [9.17, 15) is 9.59 Å². The Bertz CT molecular complexity index is 920. The largest absolute Gasteiger partial charge is 0.497 e. The van der Waals surface area contributed by atoms with Crippen LogP contribution in [0.15, 0.2) is 24.4 Å². The zero-order chi connectivity index (χ0) is 19.2. The summed E-state index contributed by atoms with van der Waals surface area (Å²) in [5.74, 6) is 0.568. The molecule has 3 heterocycles. The molecule has 0 saturated carbocycles. The highest BCUT2D eigenvalue weighted by atomic mass is 16.5. The smallest absolute Gasteiger partial charge is 0.257 e. The number of benzene rings is 1. The molecule has 0 bridgehead atoms. The molecule has 1 atom stereocenters. The number of methoxy groups -OCH3 is 1. The summed E-state index contributed by atoms with van der Waals surface area (Å²) in [7, 11) is 3.42. The molecule has 1 unspecified atom stereocenters. The standard InChI is InChI=1S/C20H24N4O3/c1-13-17(11-21-23(13)2)19(26)24-9-8-20(12-24)7-6-14-4-5-15(27-3)10-16(14)18(25)22-20/h4-5,10-11H,6-9,12H2,1-3H3,(H,22,25). The molecule has 1 N–H and O–H groups in total. The molecule has 4 rings (SSSR count). The van der Waals surface area contributed by atoms with E-state index in [2.05, 4.69) is 10.4 Å². The maximum absolute atomic E-state index is 12.9. The van der Waals surface area contributed by atoms with Crippen molar-refractivity contribution in [1.29, 1.82) is 0 Å². The average Bonchev–Trinajstić information content (AvgIpc) is 3.19. The van der Waals surface area contributed by atoms with Crippen molar-refractivity contribution in [3.05, 3.63) is 46.8 Å². The molecule has 7 nitrogen and oxygen atoms in total. The maximum Gasteiger partial charge on any atom is 0.257 e. The third-order valence-electron chi connectivity index (χ3n) is 5.92. The molecule has 2 amide bonds. The van der Waals surface area contributed by atoms with Gasteiger partial charge < -0.3 is 15.0 Å². The second-order valence-corrected chi connectivity index (χ2v) is 7.50. The van der Waals surface area contributed by atoms with Gasteiger partial charge in [-0.2, -0.15) is 5.10 Å². The van der Waals surface area contributed by atoms with Gasteiger partial charge in [0.15, 0.2) is 0 Å². The van der Waals surface area contributed by atoms with Crippen LogP contribution in [-0.2, 0) is 13.5 Å². The summed E-state index contributed by atoms with van der Waals surface area (Å²) in [5, 5.41) is 7.38. The van der Waals surface area contributed by atoms with Crippen molar-refractivity contribution >= 4 is 11.8 Å². The second-order valence-electron chi connectivity index (χ2n) is 7.50. The summed E-state index contributed by atoms with van der Waals surface area (Å²) < 4.78 is 6.96. The Morgan fingerprint density at radius 3 is 2.85 bits per heavy atom. The lowest BCUT2D eigenvalue weighted by atomic mass is 9.91. The molecule has 2 aliphatic heterocycles. The number of ether oxygens (including phenoxy) is 1. The van der Waals surface area contributed by atoms with Gasteiger partial charge in [-0.3, -0.25) is 14.3 Å². The predicted molar refractivity (Wildman–Crippen MR) is 100.0 cm³/mol. The number of amides is 2. The van der Waals surface area contributed by atoms with Crippen LogP contribution in [0, 0.1) is 6.92 Å². The van der Waals surface area contributed by atoms with Gasteiger partial charge in [0, 0.05) is 31.4 Å². The van der Waals surface area contributed by atoms with E-state index in [4.69, 9.17) is 4.74 Å². The number of hydrogen-bond acceptors (Lipinski definition) is 4. The SMILES string of the molecule is COc1ccc2c(c1)C(=O)NC1(CC2)CCN(C(=O)c2cnn(C)c2C)C1. The number of aryl methyl sites for hydroxylation is 2. The highest BCUT2D eigenvalue weighted by molar-refractivity contribution is 5.98. The van der Waals surface area contributed by atoms with Crippen LogP contribution in [0.2, 0.25) is 0 Å². The quantitative estimate of drug-likeness (QED) is 0.875. The lowest BCUT2D eigenvalue weighted by Gasteiger charge is -2.29. The number of carbonyl (C=O) groups is 2. The van der Waals surface area contributed by atoms with Gasteiger partial charge in [0.25, 0.3) is 11.8 Å². The molecule has 2 aromatic rings. The summed E-state index contributed by atoms with van der Waals surface area (Å²) in [5.41, 5.74) is 2.79. The molecule has 1 spiro atoms. The number of carbonyl (C=O) groups excluding carboxylic acids is 2. The molecule has 1 fully saturated rings. The Balaban J connectivity index is 1.55. The van der Waals surface area contributed by atoms with E-state index in [1.165, 1.54) is 0 Å². The first-order chi connectivity index (χ1) is 12.9. The minimum Gasteiger partial charge on any atom is -0.497 e. The monoisotopic (exact) mass is 368 g/mol. The average molecular weight is 368 g/mol. The van der Waals surface area contributed by atoms with Gasteiger partial charge in [0.2, 0.25) is 0 Å². The number of likely N-dealkylation sites (tertiary alicyclic amines) is 1. The zero-order valence-corrected chi connectivity index (χ0v) is 15.9. The van der Waals surface area contributed by atoms with Crippen LogP contribution in [0.4, 0.5) is 0 Å². The van der Waals surface area contributed by atoms with Gasteiger partial charge in [-0.25, -0.2) is 0 Å². The van der Waals surface area contributed by atoms with Gasteiger partial charge in [-0.15, -0.1) is 0 Å². The Morgan fingerprint density at radius 2 is 2.15 bits per heavy atom. The minimum absolute atomic E-state index is 0.0184. The molecular weight excluding hydrogens is 344 g/mol. The van der Waals surface area contributed by atoms with Crippen molar-refractivity contribution in [2.45, 2.75) is 31.7 Å². The Hall–Kier alpha value is -2.83. The number of hydrogen-bond donors (Lipinski definition) is 1. The Kier molecular flexibility index (Phi) is 4.17. The summed E-state index contributed by atoms with van der Waals surface area (Å²) >= 11 is 0. The van der Waals surface area contributed by atoms with Gasteiger partial charge >= 0.3 is 0 Å². The van der Waals surface area contributed by atoms with Gasteiger partial charge in [0.05, 0.1) is 24.4 Å². The van der Waals surface area contributed by atoms with Crippen LogP contribution in [0.5, 0.6) is 5.75 Å². The van der Waals surface area contributed by atoms with Crippen LogP contribution in [0.3, 0.4) is 0 Å². The maximum atomic E-state index is 12.9.